The highest BCUT2D eigenvalue weighted by atomic mass is 79.9. The molecule has 1 saturated heterocycles. The summed E-state index contributed by atoms with van der Waals surface area (Å²) in [4.78, 5) is 11.5. The Morgan fingerprint density at radius 2 is 2.05 bits per heavy atom. The Kier molecular flexibility index (Phi) is 5.80. The van der Waals surface area contributed by atoms with Gasteiger partial charge in [-0.15, -0.1) is 12.4 Å². The van der Waals surface area contributed by atoms with E-state index in [4.69, 9.17) is 9.47 Å². The second kappa shape index (κ2) is 6.62. The lowest BCUT2D eigenvalue weighted by Gasteiger charge is -2.39. The average Bonchev–Trinajstić information content (AvgIpc) is 2.40. The van der Waals surface area contributed by atoms with E-state index in [-0.39, 0.29) is 29.6 Å². The lowest BCUT2D eigenvalue weighted by atomic mass is 9.80. The number of nitrogens with one attached hydrogen (secondary N) is 1. The first-order valence-corrected chi connectivity index (χ1v) is 7.54. The number of cyclic esters (lactones) is 1. The minimum absolute atomic E-state index is 0. The summed E-state index contributed by atoms with van der Waals surface area (Å²) < 4.78 is 11.4. The molecule has 1 aromatic carbocycles. The first kappa shape index (κ1) is 18.4. The average molecular weight is 446 g/mol. The number of phenolic OH excluding ortho intramolecular Hbond substituents is 1. The predicted octanol–water partition coefficient (Wildman–Crippen LogP) is 4.15. The number of carbonyl (C=O) groups excluding carboxylic acids is 1. The summed E-state index contributed by atoms with van der Waals surface area (Å²) >= 11 is 6.77. The van der Waals surface area contributed by atoms with Crippen molar-refractivity contribution in [1.29, 1.82) is 0 Å². The van der Waals surface area contributed by atoms with E-state index in [9.17, 15) is 9.90 Å². The second-order valence-corrected chi connectivity index (χ2v) is 6.87. The number of alkyl carbamates (subject to hydrolysis) is 1. The van der Waals surface area contributed by atoms with Crippen LogP contribution >= 0.6 is 44.3 Å². The Morgan fingerprint density at radius 1 is 1.43 bits per heavy atom. The fourth-order valence-corrected chi connectivity index (χ4v) is 3.12. The van der Waals surface area contributed by atoms with Crippen LogP contribution in [-0.2, 0) is 4.74 Å². The molecule has 0 bridgehead atoms. The van der Waals surface area contributed by atoms with Gasteiger partial charge in [-0.25, -0.2) is 4.79 Å². The standard InChI is InChI=1S/C13H15Br2NO4.ClH/c1-13(2)5-20-12(18)16-11(13)6-4-7(19-3)10(17)9(15)8(6)14;/h4,11,17H,5H2,1-3H3,(H,16,18);1H/t11-;/m1./s1. The smallest absolute Gasteiger partial charge is 0.407 e. The van der Waals surface area contributed by atoms with Crippen LogP contribution in [-0.4, -0.2) is 24.9 Å². The molecular formula is C13H16Br2ClNO4. The number of phenols is 1. The Labute approximate surface area is 146 Å². The molecule has 5 nitrogen and oxygen atoms in total. The van der Waals surface area contributed by atoms with Crippen molar-refractivity contribution in [1.82, 2.24) is 5.32 Å². The SMILES string of the molecule is COc1cc([C@H]2NC(=O)OCC2(C)C)c(Br)c(Br)c1O.Cl. The van der Waals surface area contributed by atoms with Gasteiger partial charge in [-0.3, -0.25) is 0 Å². The van der Waals surface area contributed by atoms with Crippen LogP contribution in [0.5, 0.6) is 11.5 Å². The molecule has 0 radical (unpaired) electrons. The van der Waals surface area contributed by atoms with Crippen molar-refractivity contribution in [3.05, 3.63) is 20.6 Å². The van der Waals surface area contributed by atoms with Gasteiger partial charge < -0.3 is 19.9 Å². The van der Waals surface area contributed by atoms with Gasteiger partial charge in [-0.2, -0.15) is 0 Å². The van der Waals surface area contributed by atoms with E-state index < -0.39 is 6.09 Å². The van der Waals surface area contributed by atoms with E-state index in [1.807, 2.05) is 13.8 Å². The molecule has 1 atom stereocenters. The molecule has 0 unspecified atom stereocenters. The largest absolute Gasteiger partial charge is 0.503 e. The highest BCUT2D eigenvalue weighted by Crippen LogP contribution is 2.47. The zero-order valence-electron chi connectivity index (χ0n) is 11.7. The number of rotatable bonds is 2. The number of aromatic hydroxyl groups is 1. The third-order valence-corrected chi connectivity index (χ3v) is 5.48. The van der Waals surface area contributed by atoms with E-state index in [2.05, 4.69) is 37.2 Å². The van der Waals surface area contributed by atoms with E-state index in [0.29, 0.717) is 21.3 Å². The van der Waals surface area contributed by atoms with Crippen molar-refractivity contribution in [3.8, 4) is 11.5 Å². The molecule has 2 N–H and O–H groups in total. The van der Waals surface area contributed by atoms with Crippen LogP contribution in [0.2, 0.25) is 0 Å². The monoisotopic (exact) mass is 443 g/mol. The van der Waals surface area contributed by atoms with Gasteiger partial charge in [0.05, 0.1) is 17.6 Å². The molecule has 0 saturated carbocycles. The van der Waals surface area contributed by atoms with Crippen molar-refractivity contribution >= 4 is 50.4 Å². The normalized spacial score (nSPS) is 20.0. The van der Waals surface area contributed by atoms with Crippen LogP contribution in [0.4, 0.5) is 4.79 Å². The summed E-state index contributed by atoms with van der Waals surface area (Å²) in [5.41, 5.74) is 0.519. The maximum Gasteiger partial charge on any atom is 0.407 e. The fourth-order valence-electron chi connectivity index (χ4n) is 2.17. The Hall–Kier alpha value is -0.660. The molecule has 118 valence electrons. The first-order chi connectivity index (χ1) is 9.27. The van der Waals surface area contributed by atoms with Crippen molar-refractivity contribution in [2.45, 2.75) is 19.9 Å². The molecule has 1 amide bonds. The van der Waals surface area contributed by atoms with E-state index in [1.165, 1.54) is 7.11 Å². The van der Waals surface area contributed by atoms with Gasteiger partial charge in [0, 0.05) is 9.89 Å². The van der Waals surface area contributed by atoms with Gasteiger partial charge in [0.1, 0.15) is 6.61 Å². The number of benzene rings is 1. The number of amides is 1. The number of carbonyl (C=O) groups is 1. The molecule has 1 aliphatic rings. The van der Waals surface area contributed by atoms with Crippen molar-refractivity contribution in [2.24, 2.45) is 5.41 Å². The fraction of sp³-hybridized carbons (Fsp3) is 0.462. The van der Waals surface area contributed by atoms with Gasteiger partial charge >= 0.3 is 6.09 Å². The van der Waals surface area contributed by atoms with Gasteiger partial charge in [-0.05, 0) is 43.5 Å². The van der Waals surface area contributed by atoms with Crippen LogP contribution in [0.3, 0.4) is 0 Å². The number of methoxy groups -OCH3 is 1. The maximum atomic E-state index is 11.5. The maximum absolute atomic E-state index is 11.5. The summed E-state index contributed by atoms with van der Waals surface area (Å²) in [5, 5.41) is 12.8. The molecule has 1 aromatic rings. The van der Waals surface area contributed by atoms with E-state index in [1.54, 1.807) is 6.07 Å². The minimum Gasteiger partial charge on any atom is -0.503 e. The number of ether oxygens (including phenoxy) is 2. The molecule has 0 aromatic heterocycles. The van der Waals surface area contributed by atoms with Crippen molar-refractivity contribution in [3.63, 3.8) is 0 Å². The lowest BCUT2D eigenvalue weighted by molar-refractivity contribution is 0.0384. The first-order valence-electron chi connectivity index (χ1n) is 5.96. The summed E-state index contributed by atoms with van der Waals surface area (Å²) in [6.07, 6.45) is -0.454. The summed E-state index contributed by atoms with van der Waals surface area (Å²) in [7, 11) is 1.48. The molecular weight excluding hydrogens is 429 g/mol. The Bertz CT molecular complexity index is 566. The Morgan fingerprint density at radius 3 is 2.62 bits per heavy atom. The molecule has 2 rings (SSSR count). The van der Waals surface area contributed by atoms with Gasteiger partial charge in [0.15, 0.2) is 11.5 Å². The second-order valence-electron chi connectivity index (χ2n) is 5.29. The number of halogens is 3. The molecule has 1 fully saturated rings. The molecule has 0 spiro atoms. The number of hydrogen-bond acceptors (Lipinski definition) is 4. The van der Waals surface area contributed by atoms with Gasteiger partial charge in [0.2, 0.25) is 0 Å². The molecule has 21 heavy (non-hydrogen) atoms. The summed E-state index contributed by atoms with van der Waals surface area (Å²) in [6, 6.07) is 1.45. The van der Waals surface area contributed by atoms with Crippen LogP contribution in [0.25, 0.3) is 0 Å². The Balaban J connectivity index is 0.00000220. The van der Waals surface area contributed by atoms with Crippen molar-refractivity contribution < 1.29 is 19.4 Å². The number of hydrogen-bond donors (Lipinski definition) is 2. The highest BCUT2D eigenvalue weighted by Gasteiger charge is 2.39. The summed E-state index contributed by atoms with van der Waals surface area (Å²) in [5.74, 6) is 0.353. The van der Waals surface area contributed by atoms with Crippen LogP contribution < -0.4 is 10.1 Å². The van der Waals surface area contributed by atoms with E-state index >= 15 is 0 Å². The van der Waals surface area contributed by atoms with Crippen LogP contribution in [0.1, 0.15) is 25.5 Å². The quantitative estimate of drug-likeness (QED) is 0.718. The summed E-state index contributed by atoms with van der Waals surface area (Å²) in [6.45, 7) is 4.31. The minimum atomic E-state index is -0.454. The molecule has 1 aliphatic heterocycles. The highest BCUT2D eigenvalue weighted by molar-refractivity contribution is 9.13. The lowest BCUT2D eigenvalue weighted by Crippen LogP contribution is -2.47. The van der Waals surface area contributed by atoms with Crippen LogP contribution in [0.15, 0.2) is 15.0 Å². The third-order valence-electron chi connectivity index (χ3n) is 3.32. The topological polar surface area (TPSA) is 67.8 Å². The molecule has 8 heteroatoms. The third kappa shape index (κ3) is 3.40. The van der Waals surface area contributed by atoms with Gasteiger partial charge in [0.25, 0.3) is 0 Å². The predicted molar refractivity (Wildman–Crippen MR) is 88.3 cm³/mol. The molecule has 0 aliphatic carbocycles. The zero-order chi connectivity index (χ0) is 15.1. The van der Waals surface area contributed by atoms with Crippen LogP contribution in [0, 0.1) is 5.41 Å². The van der Waals surface area contributed by atoms with Gasteiger partial charge in [-0.1, -0.05) is 13.8 Å². The van der Waals surface area contributed by atoms with E-state index in [0.717, 1.165) is 5.56 Å². The zero-order valence-corrected chi connectivity index (χ0v) is 15.7. The van der Waals surface area contributed by atoms with Crippen molar-refractivity contribution in [2.75, 3.05) is 13.7 Å². The molecule has 1 heterocycles.